The first-order valence-corrected chi connectivity index (χ1v) is 8.76. The molecule has 1 aliphatic heterocycles. The van der Waals surface area contributed by atoms with Crippen molar-refractivity contribution in [3.63, 3.8) is 0 Å². The number of aromatic nitrogens is 2. The van der Waals surface area contributed by atoms with Crippen LogP contribution in [0.4, 0.5) is 10.1 Å². The number of halogens is 1. The van der Waals surface area contributed by atoms with Gasteiger partial charge in [-0.25, -0.2) is 9.37 Å². The minimum absolute atomic E-state index is 0.0405. The topological polar surface area (TPSA) is 40.9 Å². The second kappa shape index (κ2) is 6.33. The number of nitrogens with zero attached hydrogens (tertiary/aromatic N) is 4. The molecule has 124 valence electrons. The first kappa shape index (κ1) is 15.3. The van der Waals surface area contributed by atoms with Crippen LogP contribution in [0, 0.1) is 5.82 Å². The Balaban J connectivity index is 1.44. The Hall–Kier alpha value is -2.25. The smallest absolute Gasteiger partial charge is 0.258 e. The van der Waals surface area contributed by atoms with Crippen LogP contribution >= 0.6 is 11.3 Å². The molecule has 0 atom stereocenters. The number of anilines is 1. The summed E-state index contributed by atoms with van der Waals surface area (Å²) in [6, 6.07) is 8.48. The first-order chi connectivity index (χ1) is 11.7. The van der Waals surface area contributed by atoms with Crippen LogP contribution < -0.4 is 10.5 Å². The molecular weight excluding hydrogens is 327 g/mol. The van der Waals surface area contributed by atoms with E-state index in [1.165, 1.54) is 17.4 Å². The second-order valence-electron chi connectivity index (χ2n) is 5.86. The number of thiazole rings is 1. The van der Waals surface area contributed by atoms with Crippen molar-refractivity contribution in [3.8, 4) is 0 Å². The van der Waals surface area contributed by atoms with Crippen LogP contribution in [0.2, 0.25) is 0 Å². The molecular formula is C17H17FN4OS. The lowest BCUT2D eigenvalue weighted by Crippen LogP contribution is -2.46. The normalized spacial score (nSPS) is 16.0. The number of hydrogen-bond donors (Lipinski definition) is 0. The summed E-state index contributed by atoms with van der Waals surface area (Å²) >= 11 is 1.46. The number of para-hydroxylation sites is 1. The molecule has 24 heavy (non-hydrogen) atoms. The summed E-state index contributed by atoms with van der Waals surface area (Å²) in [5, 5.41) is 1.86. The van der Waals surface area contributed by atoms with Crippen molar-refractivity contribution in [1.82, 2.24) is 14.3 Å². The standard InChI is InChI=1S/C17H17FN4OS/c18-14-3-1-2-4-15(14)21-7-5-20(6-8-21)12-13-11-16(23)22-9-10-24-17(22)19-13/h1-4,9-11H,5-8,12H2. The predicted octanol–water partition coefficient (Wildman–Crippen LogP) is 2.22. The highest BCUT2D eigenvalue weighted by Crippen LogP contribution is 2.20. The van der Waals surface area contributed by atoms with Gasteiger partial charge in [-0.15, -0.1) is 11.3 Å². The summed E-state index contributed by atoms with van der Waals surface area (Å²) in [4.78, 5) is 21.6. The lowest BCUT2D eigenvalue weighted by molar-refractivity contribution is 0.246. The van der Waals surface area contributed by atoms with Gasteiger partial charge in [0.1, 0.15) is 5.82 Å². The molecule has 0 spiro atoms. The van der Waals surface area contributed by atoms with Crippen LogP contribution in [0.5, 0.6) is 0 Å². The maximum Gasteiger partial charge on any atom is 0.258 e. The van der Waals surface area contributed by atoms with Gasteiger partial charge in [-0.05, 0) is 12.1 Å². The van der Waals surface area contributed by atoms with Gasteiger partial charge in [0, 0.05) is 50.4 Å². The molecule has 0 unspecified atom stereocenters. The van der Waals surface area contributed by atoms with Crippen molar-refractivity contribution in [3.05, 3.63) is 63.8 Å². The van der Waals surface area contributed by atoms with Gasteiger partial charge in [-0.2, -0.15) is 0 Å². The summed E-state index contributed by atoms with van der Waals surface area (Å²) in [6.45, 7) is 3.82. The highest BCUT2D eigenvalue weighted by atomic mass is 32.1. The Morgan fingerprint density at radius 3 is 2.75 bits per heavy atom. The summed E-state index contributed by atoms with van der Waals surface area (Å²) in [5.74, 6) is -0.177. The van der Waals surface area contributed by atoms with E-state index in [4.69, 9.17) is 0 Å². The molecule has 0 radical (unpaired) electrons. The van der Waals surface area contributed by atoms with Gasteiger partial charge in [-0.3, -0.25) is 14.1 Å². The third-order valence-electron chi connectivity index (χ3n) is 4.31. The summed E-state index contributed by atoms with van der Waals surface area (Å²) in [7, 11) is 0. The van der Waals surface area contributed by atoms with Crippen LogP contribution in [0.3, 0.4) is 0 Å². The van der Waals surface area contributed by atoms with E-state index in [0.29, 0.717) is 12.2 Å². The summed E-state index contributed by atoms with van der Waals surface area (Å²) in [6.07, 6.45) is 1.74. The van der Waals surface area contributed by atoms with Crippen LogP contribution in [0.15, 0.2) is 46.7 Å². The lowest BCUT2D eigenvalue weighted by atomic mass is 10.2. The van der Waals surface area contributed by atoms with E-state index in [-0.39, 0.29) is 11.4 Å². The number of hydrogen-bond acceptors (Lipinski definition) is 5. The molecule has 0 bridgehead atoms. The number of benzene rings is 1. The van der Waals surface area contributed by atoms with Crippen molar-refractivity contribution in [2.75, 3.05) is 31.1 Å². The molecule has 5 nitrogen and oxygen atoms in total. The van der Waals surface area contributed by atoms with E-state index >= 15 is 0 Å². The molecule has 0 amide bonds. The maximum atomic E-state index is 13.9. The van der Waals surface area contributed by atoms with E-state index in [1.54, 1.807) is 22.7 Å². The van der Waals surface area contributed by atoms with Crippen molar-refractivity contribution >= 4 is 22.0 Å². The maximum absolute atomic E-state index is 13.9. The fourth-order valence-electron chi connectivity index (χ4n) is 3.05. The van der Waals surface area contributed by atoms with Gasteiger partial charge in [0.05, 0.1) is 11.4 Å². The van der Waals surface area contributed by atoms with Gasteiger partial charge in [0.15, 0.2) is 4.96 Å². The van der Waals surface area contributed by atoms with Crippen molar-refractivity contribution in [1.29, 1.82) is 0 Å². The fraction of sp³-hybridized carbons (Fsp3) is 0.294. The van der Waals surface area contributed by atoms with Crippen molar-refractivity contribution in [2.45, 2.75) is 6.54 Å². The fourth-order valence-corrected chi connectivity index (χ4v) is 3.79. The molecule has 1 aliphatic rings. The van der Waals surface area contributed by atoms with Crippen molar-refractivity contribution in [2.24, 2.45) is 0 Å². The Kier molecular flexibility index (Phi) is 4.03. The zero-order valence-electron chi connectivity index (χ0n) is 13.1. The molecule has 0 N–H and O–H groups in total. The molecule has 1 aromatic carbocycles. The number of rotatable bonds is 3. The quantitative estimate of drug-likeness (QED) is 0.731. The molecule has 3 aromatic rings. The minimum atomic E-state index is -0.177. The highest BCUT2D eigenvalue weighted by molar-refractivity contribution is 7.15. The van der Waals surface area contributed by atoms with Crippen LogP contribution in [0.1, 0.15) is 5.69 Å². The molecule has 4 rings (SSSR count). The average Bonchev–Trinajstić information content (AvgIpc) is 3.05. The Morgan fingerprint density at radius 2 is 1.96 bits per heavy atom. The largest absolute Gasteiger partial charge is 0.367 e. The molecule has 3 heterocycles. The van der Waals surface area contributed by atoms with E-state index in [1.807, 2.05) is 17.5 Å². The van der Waals surface area contributed by atoms with Crippen LogP contribution in [-0.4, -0.2) is 40.5 Å². The third-order valence-corrected chi connectivity index (χ3v) is 5.06. The van der Waals surface area contributed by atoms with E-state index < -0.39 is 0 Å². The first-order valence-electron chi connectivity index (χ1n) is 7.88. The summed E-state index contributed by atoms with van der Waals surface area (Å²) < 4.78 is 15.4. The molecule has 1 saturated heterocycles. The molecule has 0 saturated carbocycles. The van der Waals surface area contributed by atoms with E-state index in [9.17, 15) is 9.18 Å². The van der Waals surface area contributed by atoms with Gasteiger partial charge in [-0.1, -0.05) is 12.1 Å². The minimum Gasteiger partial charge on any atom is -0.367 e. The summed E-state index contributed by atoms with van der Waals surface area (Å²) in [5.41, 5.74) is 1.41. The Morgan fingerprint density at radius 1 is 1.17 bits per heavy atom. The second-order valence-corrected chi connectivity index (χ2v) is 6.73. The van der Waals surface area contributed by atoms with Gasteiger partial charge < -0.3 is 4.90 Å². The number of piperazine rings is 1. The average molecular weight is 344 g/mol. The zero-order chi connectivity index (χ0) is 16.5. The molecule has 0 aliphatic carbocycles. The molecule has 7 heteroatoms. The third kappa shape index (κ3) is 2.92. The Labute approximate surface area is 142 Å². The van der Waals surface area contributed by atoms with E-state index in [0.717, 1.165) is 36.8 Å². The van der Waals surface area contributed by atoms with Crippen molar-refractivity contribution < 1.29 is 4.39 Å². The van der Waals surface area contributed by atoms with Crippen LogP contribution in [-0.2, 0) is 6.54 Å². The molecule has 2 aromatic heterocycles. The van der Waals surface area contributed by atoms with Gasteiger partial charge in [0.2, 0.25) is 0 Å². The SMILES string of the molecule is O=c1cc(CN2CCN(c3ccccc3F)CC2)nc2sccn12. The van der Waals surface area contributed by atoms with Gasteiger partial charge in [0.25, 0.3) is 5.56 Å². The van der Waals surface area contributed by atoms with Gasteiger partial charge >= 0.3 is 0 Å². The highest BCUT2D eigenvalue weighted by Gasteiger charge is 2.20. The lowest BCUT2D eigenvalue weighted by Gasteiger charge is -2.36. The predicted molar refractivity (Wildman–Crippen MR) is 93.2 cm³/mol. The monoisotopic (exact) mass is 344 g/mol. The number of fused-ring (bicyclic) bond motifs is 1. The van der Waals surface area contributed by atoms with Crippen LogP contribution in [0.25, 0.3) is 4.96 Å². The molecule has 1 fully saturated rings. The van der Waals surface area contributed by atoms with E-state index in [2.05, 4.69) is 14.8 Å². The Bertz CT molecular complexity index is 914. The zero-order valence-corrected chi connectivity index (χ0v) is 13.9.